The maximum absolute atomic E-state index is 3.69. The van der Waals surface area contributed by atoms with Crippen LogP contribution in [0.25, 0.3) is 0 Å². The van der Waals surface area contributed by atoms with Gasteiger partial charge in [0.15, 0.2) is 0 Å². The van der Waals surface area contributed by atoms with Crippen molar-refractivity contribution in [2.24, 2.45) is 0 Å². The van der Waals surface area contributed by atoms with Crippen molar-refractivity contribution in [3.05, 3.63) is 84.2 Å². The minimum Gasteiger partial charge on any atom is -0.310 e. The summed E-state index contributed by atoms with van der Waals surface area (Å²) in [6.07, 6.45) is 0. The van der Waals surface area contributed by atoms with Crippen molar-refractivity contribution < 1.29 is 0 Å². The van der Waals surface area contributed by atoms with Crippen LogP contribution in [0.4, 0.5) is 17.1 Å². The lowest BCUT2D eigenvalue weighted by Crippen LogP contribution is -2.16. The fourth-order valence-corrected chi connectivity index (χ4v) is 4.91. The van der Waals surface area contributed by atoms with Crippen LogP contribution in [0.2, 0.25) is 0 Å². The molecule has 0 saturated carbocycles. The lowest BCUT2D eigenvalue weighted by Gasteiger charge is -2.31. The van der Waals surface area contributed by atoms with Gasteiger partial charge in [-0.1, -0.05) is 50.6 Å². The Morgan fingerprint density at radius 2 is 1.17 bits per heavy atom. The molecule has 0 radical (unpaired) electrons. The zero-order chi connectivity index (χ0) is 21.5. The van der Waals surface area contributed by atoms with Crippen molar-refractivity contribution in [1.29, 1.82) is 0 Å². The van der Waals surface area contributed by atoms with Crippen molar-refractivity contribution in [2.45, 2.75) is 47.0 Å². The summed E-state index contributed by atoms with van der Waals surface area (Å²) < 4.78 is 3.04. The van der Waals surface area contributed by atoms with Gasteiger partial charge in [0.2, 0.25) is 0 Å². The lowest BCUT2D eigenvalue weighted by atomic mass is 9.84. The third-order valence-corrected chi connectivity index (χ3v) is 8.27. The molecule has 0 saturated heterocycles. The number of hydrogen-bond acceptors (Lipinski definition) is 1. The first-order chi connectivity index (χ1) is 13.5. The van der Waals surface area contributed by atoms with E-state index in [1.165, 1.54) is 27.9 Å². The Morgan fingerprint density at radius 1 is 0.690 bits per heavy atom. The van der Waals surface area contributed by atoms with Gasteiger partial charge in [0.1, 0.15) is 0 Å². The molecule has 0 fully saturated rings. The predicted molar refractivity (Wildman–Crippen MR) is 137 cm³/mol. The summed E-state index contributed by atoms with van der Waals surface area (Å²) in [5, 5.41) is 0. The van der Waals surface area contributed by atoms with Gasteiger partial charge in [-0.3, -0.25) is 0 Å². The molecule has 0 aliphatic rings. The number of anilines is 3. The third kappa shape index (κ3) is 4.81. The van der Waals surface area contributed by atoms with Gasteiger partial charge >= 0.3 is 0 Å². The zero-order valence-electron chi connectivity index (χ0n) is 17.7. The molecular weight excluding hydrogens is 554 g/mol. The molecule has 0 spiro atoms. The van der Waals surface area contributed by atoms with Crippen molar-refractivity contribution in [2.75, 3.05) is 4.90 Å². The van der Waals surface area contributed by atoms with Crippen LogP contribution in [-0.4, -0.2) is 0 Å². The molecule has 29 heavy (non-hydrogen) atoms. The molecule has 0 bridgehead atoms. The van der Waals surface area contributed by atoms with Crippen molar-refractivity contribution in [3.63, 3.8) is 0 Å². The highest BCUT2D eigenvalue weighted by atomic mass is 79.9. The molecule has 0 heterocycles. The molecule has 1 nitrogen and oxygen atoms in total. The molecular formula is C25H26Br3N. The van der Waals surface area contributed by atoms with E-state index in [4.69, 9.17) is 0 Å². The van der Waals surface area contributed by atoms with Gasteiger partial charge in [0.25, 0.3) is 0 Å². The zero-order valence-corrected chi connectivity index (χ0v) is 22.5. The van der Waals surface area contributed by atoms with Gasteiger partial charge < -0.3 is 4.90 Å². The van der Waals surface area contributed by atoms with Gasteiger partial charge in [0, 0.05) is 24.8 Å². The summed E-state index contributed by atoms with van der Waals surface area (Å²) in [5.41, 5.74) is 8.74. The first-order valence-electron chi connectivity index (χ1n) is 9.62. The molecule has 3 rings (SSSR count). The highest BCUT2D eigenvalue weighted by molar-refractivity contribution is 9.14. The minimum absolute atomic E-state index is 0.117. The Morgan fingerprint density at radius 3 is 1.62 bits per heavy atom. The van der Waals surface area contributed by atoms with E-state index in [2.05, 4.69) is 143 Å². The average Bonchev–Trinajstić information content (AvgIpc) is 2.62. The van der Waals surface area contributed by atoms with E-state index >= 15 is 0 Å². The third-order valence-electron chi connectivity index (χ3n) is 5.10. The summed E-state index contributed by atoms with van der Waals surface area (Å²) in [5.74, 6) is 0. The Labute approximate surface area is 199 Å². The van der Waals surface area contributed by atoms with E-state index in [9.17, 15) is 0 Å². The average molecular weight is 580 g/mol. The van der Waals surface area contributed by atoms with Crippen LogP contribution in [0.5, 0.6) is 0 Å². The van der Waals surface area contributed by atoms with E-state index in [-0.39, 0.29) is 5.41 Å². The van der Waals surface area contributed by atoms with E-state index in [0.29, 0.717) is 0 Å². The van der Waals surface area contributed by atoms with Gasteiger partial charge in [-0.2, -0.15) is 0 Å². The van der Waals surface area contributed by atoms with E-state index in [1.807, 2.05) is 0 Å². The summed E-state index contributed by atoms with van der Waals surface area (Å²) in [7, 11) is 0. The molecule has 0 unspecified atom stereocenters. The van der Waals surface area contributed by atoms with Crippen LogP contribution in [0.3, 0.4) is 0 Å². The highest BCUT2D eigenvalue weighted by Crippen LogP contribution is 2.44. The Bertz CT molecular complexity index is 1000. The van der Waals surface area contributed by atoms with E-state index in [0.717, 1.165) is 24.8 Å². The number of hydrogen-bond donors (Lipinski definition) is 0. The predicted octanol–water partition coefficient (Wildman–Crippen LogP) is 9.67. The van der Waals surface area contributed by atoms with E-state index in [1.54, 1.807) is 0 Å². The number of halogens is 3. The largest absolute Gasteiger partial charge is 0.310 e. The van der Waals surface area contributed by atoms with Crippen LogP contribution in [0.15, 0.2) is 61.9 Å². The number of nitrogens with zero attached hydrogens (tertiary/aromatic N) is 1. The molecule has 0 amide bonds. The fraction of sp³-hybridized carbons (Fsp3) is 0.280. The summed E-state index contributed by atoms with van der Waals surface area (Å²) in [6, 6.07) is 17.7. The van der Waals surface area contributed by atoms with Gasteiger partial charge in [-0.15, -0.1) is 0 Å². The lowest BCUT2D eigenvalue weighted by molar-refractivity contribution is 0.589. The summed E-state index contributed by atoms with van der Waals surface area (Å²) in [4.78, 5) is 2.35. The maximum Gasteiger partial charge on any atom is 0.0520 e. The van der Waals surface area contributed by atoms with Crippen molar-refractivity contribution in [3.8, 4) is 0 Å². The number of aryl methyl sites for hydroxylation is 3. The number of rotatable bonds is 3. The topological polar surface area (TPSA) is 3.24 Å². The van der Waals surface area contributed by atoms with Crippen LogP contribution >= 0.6 is 47.8 Å². The monoisotopic (exact) mass is 577 g/mol. The second-order valence-electron chi connectivity index (χ2n) is 8.60. The second-order valence-corrected chi connectivity index (χ2v) is 11.1. The van der Waals surface area contributed by atoms with Crippen LogP contribution in [0, 0.1) is 20.8 Å². The number of benzene rings is 3. The molecule has 4 heteroatoms. The van der Waals surface area contributed by atoms with Crippen molar-refractivity contribution >= 4 is 64.9 Å². The molecule has 152 valence electrons. The standard InChI is InChI=1S/C25H26Br3N/c1-15-7-9-19(10-8-15)29(20-13-21(26)23(28)22(27)14-20)24-16(2)11-18(12-17(24)3)25(4,5)6/h7-14H,1-6H3. The SMILES string of the molecule is Cc1ccc(N(c2cc(Br)c(Br)c(Br)c2)c2c(C)cc(C(C)(C)C)cc2C)cc1. The normalized spacial score (nSPS) is 11.6. The summed E-state index contributed by atoms with van der Waals surface area (Å²) in [6.45, 7) is 13.3. The van der Waals surface area contributed by atoms with Crippen LogP contribution in [-0.2, 0) is 5.41 Å². The molecule has 0 aliphatic carbocycles. The summed E-state index contributed by atoms with van der Waals surface area (Å²) >= 11 is 11.0. The molecule has 0 aliphatic heterocycles. The maximum atomic E-state index is 3.69. The first kappa shape index (κ1) is 22.6. The highest BCUT2D eigenvalue weighted by Gasteiger charge is 2.22. The smallest absolute Gasteiger partial charge is 0.0520 e. The Hall–Kier alpha value is -1.10. The fourth-order valence-electron chi connectivity index (χ4n) is 3.51. The molecule has 3 aromatic rings. The molecule has 0 N–H and O–H groups in total. The molecule has 0 atom stereocenters. The van der Waals surface area contributed by atoms with Gasteiger partial charge in [-0.05, 0) is 115 Å². The van der Waals surface area contributed by atoms with Crippen molar-refractivity contribution in [1.82, 2.24) is 0 Å². The Kier molecular flexibility index (Phi) is 6.67. The van der Waals surface area contributed by atoms with Gasteiger partial charge in [0.05, 0.1) is 5.69 Å². The van der Waals surface area contributed by atoms with Crippen LogP contribution in [0.1, 0.15) is 43.0 Å². The second kappa shape index (κ2) is 8.56. The van der Waals surface area contributed by atoms with Crippen LogP contribution < -0.4 is 4.90 Å². The Balaban J connectivity index is 2.29. The first-order valence-corrected chi connectivity index (χ1v) is 12.0. The van der Waals surface area contributed by atoms with E-state index < -0.39 is 0 Å². The van der Waals surface area contributed by atoms with Gasteiger partial charge in [-0.25, -0.2) is 0 Å². The quantitative estimate of drug-likeness (QED) is 0.279. The minimum atomic E-state index is 0.117. The molecule has 0 aromatic heterocycles. The molecule has 3 aromatic carbocycles.